The molecule has 0 radical (unpaired) electrons. The van der Waals surface area contributed by atoms with Gasteiger partial charge in [-0.05, 0) is 169 Å². The number of hydrogen-bond acceptors (Lipinski definition) is 3. The summed E-state index contributed by atoms with van der Waals surface area (Å²) < 4.78 is 0. The van der Waals surface area contributed by atoms with Gasteiger partial charge in [-0.1, -0.05) is 127 Å². The van der Waals surface area contributed by atoms with E-state index in [9.17, 15) is 0 Å². The van der Waals surface area contributed by atoms with E-state index in [1.807, 2.05) is 0 Å². The van der Waals surface area contributed by atoms with Gasteiger partial charge in [0.2, 0.25) is 0 Å². The molecule has 10 rings (SSSR count). The van der Waals surface area contributed by atoms with Crippen LogP contribution < -0.4 is 14.7 Å². The van der Waals surface area contributed by atoms with Crippen molar-refractivity contribution in [3.63, 3.8) is 0 Å². The van der Waals surface area contributed by atoms with Crippen LogP contribution in [0.15, 0.2) is 224 Å². The Bertz CT molecular complexity index is 2740. The molecular weight excluding hydrogens is 751 g/mol. The number of para-hydroxylation sites is 3. The maximum absolute atomic E-state index is 2.43. The largest absolute Gasteiger partial charge is 0.310 e. The molecule has 62 heavy (non-hydrogen) atoms. The van der Waals surface area contributed by atoms with Crippen LogP contribution in [-0.4, -0.2) is 0 Å². The van der Waals surface area contributed by atoms with Gasteiger partial charge in [-0.25, -0.2) is 0 Å². The van der Waals surface area contributed by atoms with E-state index in [1.165, 1.54) is 44.5 Å². The highest BCUT2D eigenvalue weighted by molar-refractivity contribution is 5.90. The minimum absolute atomic E-state index is 0.662. The number of anilines is 9. The second kappa shape index (κ2) is 16.1. The molecule has 0 amide bonds. The predicted octanol–water partition coefficient (Wildman–Crippen LogP) is 16.0. The van der Waals surface area contributed by atoms with Crippen molar-refractivity contribution in [1.29, 1.82) is 0 Å². The SMILES string of the molecule is Cc1cccc(N(c2ccc(C3(c4ccc(N(c5cccc(C)c5)c5cccc(C)c5)cc4)c4ccccc4N(c4ccccc4)c4ccccc43)cc2)c2cccc(C)c2)c1. The number of rotatable bonds is 9. The predicted molar refractivity (Wildman–Crippen MR) is 261 cm³/mol. The van der Waals surface area contributed by atoms with Gasteiger partial charge in [-0.2, -0.15) is 0 Å². The Balaban J connectivity index is 1.20. The summed E-state index contributed by atoms with van der Waals surface area (Å²) in [5, 5.41) is 0. The van der Waals surface area contributed by atoms with Crippen LogP contribution in [0.2, 0.25) is 0 Å². The summed E-state index contributed by atoms with van der Waals surface area (Å²) >= 11 is 0. The Hall–Kier alpha value is -7.62. The summed E-state index contributed by atoms with van der Waals surface area (Å²) in [6, 6.07) is 82.5. The molecule has 0 atom stereocenters. The zero-order valence-corrected chi connectivity index (χ0v) is 35.7. The number of aryl methyl sites for hydroxylation is 4. The van der Waals surface area contributed by atoms with Gasteiger partial charge in [-0.15, -0.1) is 0 Å². The summed E-state index contributed by atoms with van der Waals surface area (Å²) in [7, 11) is 0. The Kier molecular flexibility index (Phi) is 10.0. The fourth-order valence-corrected chi connectivity index (χ4v) is 9.57. The van der Waals surface area contributed by atoms with Crippen LogP contribution in [-0.2, 0) is 5.41 Å². The zero-order valence-electron chi connectivity index (χ0n) is 35.7. The Morgan fingerprint density at radius 2 is 0.645 bits per heavy atom. The molecule has 1 heterocycles. The third-order valence-corrected chi connectivity index (χ3v) is 12.3. The molecule has 9 aromatic rings. The number of hydrogen-bond donors (Lipinski definition) is 0. The molecule has 0 fully saturated rings. The van der Waals surface area contributed by atoms with Gasteiger partial charge in [0, 0.05) is 39.8 Å². The highest BCUT2D eigenvalue weighted by atomic mass is 15.2. The van der Waals surface area contributed by atoms with E-state index < -0.39 is 5.41 Å². The van der Waals surface area contributed by atoms with Crippen LogP contribution in [0.5, 0.6) is 0 Å². The highest BCUT2D eigenvalue weighted by Crippen LogP contribution is 2.58. The lowest BCUT2D eigenvalue weighted by atomic mass is 9.62. The topological polar surface area (TPSA) is 9.72 Å². The molecule has 0 aliphatic carbocycles. The molecule has 9 aromatic carbocycles. The van der Waals surface area contributed by atoms with E-state index in [4.69, 9.17) is 0 Å². The summed E-state index contributed by atoms with van der Waals surface area (Å²) in [5.41, 5.74) is 19.3. The van der Waals surface area contributed by atoms with Crippen molar-refractivity contribution >= 4 is 51.2 Å². The summed E-state index contributed by atoms with van der Waals surface area (Å²) in [4.78, 5) is 7.17. The Labute approximate surface area is 366 Å². The first-order valence-corrected chi connectivity index (χ1v) is 21.5. The van der Waals surface area contributed by atoms with Crippen molar-refractivity contribution in [3.8, 4) is 0 Å². The second-order valence-electron chi connectivity index (χ2n) is 16.6. The van der Waals surface area contributed by atoms with E-state index >= 15 is 0 Å². The van der Waals surface area contributed by atoms with Gasteiger partial charge >= 0.3 is 0 Å². The van der Waals surface area contributed by atoms with Crippen molar-refractivity contribution in [3.05, 3.63) is 269 Å². The quantitative estimate of drug-likeness (QED) is 0.144. The summed E-state index contributed by atoms with van der Waals surface area (Å²) in [6.45, 7) is 8.64. The molecule has 3 heteroatoms. The van der Waals surface area contributed by atoms with Gasteiger partial charge in [0.25, 0.3) is 0 Å². The zero-order chi connectivity index (χ0) is 42.2. The highest BCUT2D eigenvalue weighted by Gasteiger charge is 2.46. The second-order valence-corrected chi connectivity index (χ2v) is 16.6. The molecule has 0 bridgehead atoms. The maximum atomic E-state index is 2.43. The lowest BCUT2D eigenvalue weighted by molar-refractivity contribution is 0.731. The van der Waals surface area contributed by atoms with Crippen LogP contribution in [0.4, 0.5) is 51.2 Å². The fraction of sp³-hybridized carbons (Fsp3) is 0.0847. The van der Waals surface area contributed by atoms with Gasteiger partial charge in [0.15, 0.2) is 0 Å². The molecule has 1 aliphatic heterocycles. The normalized spacial score (nSPS) is 12.6. The molecule has 1 aliphatic rings. The fourth-order valence-electron chi connectivity index (χ4n) is 9.57. The van der Waals surface area contributed by atoms with Crippen molar-refractivity contribution < 1.29 is 0 Å². The average Bonchev–Trinajstić information content (AvgIpc) is 3.29. The van der Waals surface area contributed by atoms with Crippen LogP contribution >= 0.6 is 0 Å². The summed E-state index contributed by atoms with van der Waals surface area (Å²) in [6.07, 6.45) is 0. The molecule has 300 valence electrons. The molecule has 0 unspecified atom stereocenters. The summed E-state index contributed by atoms with van der Waals surface area (Å²) in [5.74, 6) is 0. The van der Waals surface area contributed by atoms with Crippen molar-refractivity contribution in [1.82, 2.24) is 0 Å². The van der Waals surface area contributed by atoms with E-state index in [0.717, 1.165) is 51.2 Å². The minimum Gasteiger partial charge on any atom is -0.310 e. The Morgan fingerprint density at radius 1 is 0.306 bits per heavy atom. The van der Waals surface area contributed by atoms with Crippen LogP contribution in [0.3, 0.4) is 0 Å². The van der Waals surface area contributed by atoms with Crippen LogP contribution in [0, 0.1) is 27.7 Å². The first-order chi connectivity index (χ1) is 30.4. The molecule has 0 spiro atoms. The molecule has 0 N–H and O–H groups in total. The third kappa shape index (κ3) is 6.82. The van der Waals surface area contributed by atoms with Gasteiger partial charge in [-0.3, -0.25) is 0 Å². The standard InChI is InChI=1S/C59H49N3/c1-42-16-12-22-51(38-42)60(52-23-13-17-43(2)39-52)49-34-30-46(31-35-49)59(55-26-8-10-28-57(55)62(48-20-6-5-7-21-48)58-29-11-9-27-56(58)59)47-32-36-50(37-33-47)61(53-24-14-18-44(3)40-53)54-25-15-19-45(4)41-54/h5-41H,1-4H3. The van der Waals surface area contributed by atoms with Gasteiger partial charge in [0.05, 0.1) is 16.8 Å². The lowest BCUT2D eigenvalue weighted by Gasteiger charge is -2.46. The maximum Gasteiger partial charge on any atom is 0.0742 e. The third-order valence-electron chi connectivity index (χ3n) is 12.3. The molecule has 0 saturated heterocycles. The monoisotopic (exact) mass is 799 g/mol. The van der Waals surface area contributed by atoms with E-state index in [2.05, 4.69) is 267 Å². The van der Waals surface area contributed by atoms with E-state index in [1.54, 1.807) is 0 Å². The molecule has 0 aromatic heterocycles. The molecule has 0 saturated carbocycles. The van der Waals surface area contributed by atoms with Crippen molar-refractivity contribution in [2.24, 2.45) is 0 Å². The Morgan fingerprint density at radius 3 is 1.00 bits per heavy atom. The van der Waals surface area contributed by atoms with Crippen LogP contribution in [0.1, 0.15) is 44.5 Å². The van der Waals surface area contributed by atoms with Gasteiger partial charge < -0.3 is 14.7 Å². The van der Waals surface area contributed by atoms with Crippen LogP contribution in [0.25, 0.3) is 0 Å². The number of nitrogens with zero attached hydrogens (tertiary/aromatic N) is 3. The average molecular weight is 800 g/mol. The molecule has 3 nitrogen and oxygen atoms in total. The minimum atomic E-state index is -0.662. The first kappa shape index (κ1) is 38.6. The van der Waals surface area contributed by atoms with Crippen molar-refractivity contribution in [2.45, 2.75) is 33.1 Å². The lowest BCUT2D eigenvalue weighted by Crippen LogP contribution is -2.37. The van der Waals surface area contributed by atoms with Gasteiger partial charge in [0.1, 0.15) is 0 Å². The smallest absolute Gasteiger partial charge is 0.0742 e. The van der Waals surface area contributed by atoms with Crippen molar-refractivity contribution in [2.75, 3.05) is 14.7 Å². The first-order valence-electron chi connectivity index (χ1n) is 21.5. The molecular formula is C59H49N3. The van der Waals surface area contributed by atoms with E-state index in [-0.39, 0.29) is 0 Å². The number of fused-ring (bicyclic) bond motifs is 2. The van der Waals surface area contributed by atoms with E-state index in [0.29, 0.717) is 0 Å². The number of benzene rings is 9.